The number of phenolic OH excluding ortho intramolecular Hbond substituents is 1. The van der Waals surface area contributed by atoms with Crippen molar-refractivity contribution in [3.8, 4) is 5.75 Å². The lowest BCUT2D eigenvalue weighted by Gasteiger charge is -2.26. The number of hydrogen-bond acceptors (Lipinski definition) is 9. The van der Waals surface area contributed by atoms with Gasteiger partial charge in [-0.2, -0.15) is 0 Å². The van der Waals surface area contributed by atoms with Gasteiger partial charge in [0.05, 0.1) is 19.6 Å². The monoisotopic (exact) mass is 552 g/mol. The lowest BCUT2D eigenvalue weighted by molar-refractivity contribution is -0.142. The fourth-order valence-corrected chi connectivity index (χ4v) is 3.32. The number of primary amides is 1. The number of aliphatic hydroxyl groups excluding tert-OH is 1. The van der Waals surface area contributed by atoms with Gasteiger partial charge in [0.15, 0.2) is 0 Å². The summed E-state index contributed by atoms with van der Waals surface area (Å²) in [7, 11) is 0. The summed E-state index contributed by atoms with van der Waals surface area (Å²) >= 11 is 0. The Bertz CT molecular complexity index is 1030. The zero-order valence-electron chi connectivity index (χ0n) is 21.7. The molecule has 1 rings (SSSR count). The van der Waals surface area contributed by atoms with Gasteiger partial charge in [-0.05, 0) is 23.6 Å². The van der Waals surface area contributed by atoms with E-state index in [-0.39, 0.29) is 12.2 Å². The Morgan fingerprint density at radius 1 is 0.923 bits per heavy atom. The van der Waals surface area contributed by atoms with Crippen molar-refractivity contribution in [2.75, 3.05) is 13.2 Å². The number of aromatic hydroxyl groups is 1. The smallest absolute Gasteiger partial charge is 0.326 e. The summed E-state index contributed by atoms with van der Waals surface area (Å²) < 4.78 is 0. The topological polar surface area (TPSA) is 263 Å². The van der Waals surface area contributed by atoms with Crippen LogP contribution in [0.5, 0.6) is 5.75 Å². The number of carbonyl (C=O) groups is 6. The first-order valence-corrected chi connectivity index (χ1v) is 12.1. The zero-order valence-corrected chi connectivity index (χ0v) is 21.7. The molecule has 5 amide bonds. The molecule has 0 aliphatic heterocycles. The number of rotatable bonds is 16. The fourth-order valence-electron chi connectivity index (χ4n) is 3.32. The maximum atomic E-state index is 13.0. The second-order valence-corrected chi connectivity index (χ2v) is 8.94. The highest BCUT2D eigenvalue weighted by atomic mass is 16.4. The zero-order chi connectivity index (χ0) is 29.7. The Hall–Kier alpha value is -4.24. The Morgan fingerprint density at radius 2 is 1.51 bits per heavy atom. The maximum Gasteiger partial charge on any atom is 0.326 e. The maximum absolute atomic E-state index is 13.0. The minimum absolute atomic E-state index is 0.00152. The Morgan fingerprint density at radius 3 is 2.03 bits per heavy atom. The largest absolute Gasteiger partial charge is 0.508 e. The molecule has 0 radical (unpaired) electrons. The molecule has 5 atom stereocenters. The minimum atomic E-state index is -1.47. The Labute approximate surface area is 224 Å². The summed E-state index contributed by atoms with van der Waals surface area (Å²) in [6.07, 6.45) is -0.239. The van der Waals surface area contributed by atoms with Gasteiger partial charge >= 0.3 is 5.97 Å². The van der Waals surface area contributed by atoms with Crippen molar-refractivity contribution in [1.29, 1.82) is 0 Å². The van der Waals surface area contributed by atoms with Gasteiger partial charge < -0.3 is 48.1 Å². The number of carbonyl (C=O) groups excluding carboxylic acids is 5. The standard InChI is InChI=1S/C24H36N6O9/c1-3-12(2)20(23(37)29-17(24(38)39)8-13-4-6-14(32)7-5-13)30-19(34)10-27-22(36)16(9-18(26)33)28-21(35)15(25)11-31/h4-7,12,15-17,20,31-32H,3,8-11,25H2,1-2H3,(H2,26,33)(H,27,36)(H,28,35)(H,29,37)(H,30,34)(H,38,39)/t12-,15-,16-,17-,20-/m0/s1. The average molecular weight is 553 g/mol. The molecule has 0 fully saturated rings. The van der Waals surface area contributed by atoms with Crippen LogP contribution in [0.3, 0.4) is 0 Å². The molecule has 39 heavy (non-hydrogen) atoms. The number of aliphatic hydroxyl groups is 1. The summed E-state index contributed by atoms with van der Waals surface area (Å²) in [5, 5.41) is 37.2. The SMILES string of the molecule is CC[C@H](C)[C@H](NC(=O)CNC(=O)[C@H](CC(N)=O)NC(=O)[C@@H](N)CO)C(=O)N[C@@H](Cc1ccc(O)cc1)C(=O)O. The van der Waals surface area contributed by atoms with E-state index < -0.39 is 85.2 Å². The predicted molar refractivity (Wildman–Crippen MR) is 137 cm³/mol. The molecular weight excluding hydrogens is 516 g/mol. The number of nitrogens with one attached hydrogen (secondary N) is 4. The molecule has 0 aromatic heterocycles. The van der Waals surface area contributed by atoms with Crippen LogP contribution in [0.1, 0.15) is 32.3 Å². The third-order valence-electron chi connectivity index (χ3n) is 5.80. The van der Waals surface area contributed by atoms with E-state index in [1.807, 2.05) is 0 Å². The van der Waals surface area contributed by atoms with Gasteiger partial charge in [-0.25, -0.2) is 4.79 Å². The van der Waals surface area contributed by atoms with Gasteiger partial charge in [0.2, 0.25) is 29.5 Å². The molecule has 11 N–H and O–H groups in total. The van der Waals surface area contributed by atoms with Crippen LogP contribution in [-0.2, 0) is 35.2 Å². The van der Waals surface area contributed by atoms with Crippen LogP contribution in [0.2, 0.25) is 0 Å². The number of carboxylic acids is 1. The molecular formula is C24H36N6O9. The normalized spacial score (nSPS) is 14.6. The van der Waals surface area contributed by atoms with Gasteiger partial charge in [0, 0.05) is 6.42 Å². The number of hydrogen-bond donors (Lipinski definition) is 9. The molecule has 0 aliphatic rings. The first kappa shape index (κ1) is 32.8. The molecule has 1 aromatic rings. The van der Waals surface area contributed by atoms with Gasteiger partial charge in [-0.1, -0.05) is 32.4 Å². The van der Waals surface area contributed by atoms with Crippen molar-refractivity contribution in [3.63, 3.8) is 0 Å². The van der Waals surface area contributed by atoms with Crippen LogP contribution < -0.4 is 32.7 Å². The van der Waals surface area contributed by atoms with E-state index in [4.69, 9.17) is 16.6 Å². The summed E-state index contributed by atoms with van der Waals surface area (Å²) in [5.74, 6) is -6.07. The molecule has 0 bridgehead atoms. The quantitative estimate of drug-likeness (QED) is 0.0993. The van der Waals surface area contributed by atoms with Crippen LogP contribution in [-0.4, -0.2) is 88.1 Å². The lowest BCUT2D eigenvalue weighted by Crippen LogP contribution is -2.57. The first-order chi connectivity index (χ1) is 18.3. The van der Waals surface area contributed by atoms with Gasteiger partial charge in [-0.15, -0.1) is 0 Å². The number of phenols is 1. The highest BCUT2D eigenvalue weighted by molar-refractivity contribution is 5.95. The van der Waals surface area contributed by atoms with E-state index in [1.165, 1.54) is 24.3 Å². The van der Waals surface area contributed by atoms with E-state index in [0.29, 0.717) is 12.0 Å². The molecule has 0 spiro atoms. The molecule has 0 unspecified atom stereocenters. The van der Waals surface area contributed by atoms with Crippen molar-refractivity contribution >= 4 is 35.5 Å². The van der Waals surface area contributed by atoms with Crippen LogP contribution in [0, 0.1) is 5.92 Å². The summed E-state index contributed by atoms with van der Waals surface area (Å²) in [4.78, 5) is 73.0. The van der Waals surface area contributed by atoms with Crippen LogP contribution >= 0.6 is 0 Å². The van der Waals surface area contributed by atoms with Crippen LogP contribution in [0.15, 0.2) is 24.3 Å². The fraction of sp³-hybridized carbons (Fsp3) is 0.500. The van der Waals surface area contributed by atoms with E-state index in [0.717, 1.165) is 0 Å². The van der Waals surface area contributed by atoms with Gasteiger partial charge in [0.1, 0.15) is 29.9 Å². The summed E-state index contributed by atoms with van der Waals surface area (Å²) in [6.45, 7) is 2.07. The molecule has 1 aromatic carbocycles. The molecule has 15 nitrogen and oxygen atoms in total. The predicted octanol–water partition coefficient (Wildman–Crippen LogP) is -3.17. The van der Waals surface area contributed by atoms with Crippen molar-refractivity contribution in [1.82, 2.24) is 21.3 Å². The lowest BCUT2D eigenvalue weighted by atomic mass is 9.97. The summed E-state index contributed by atoms with van der Waals surface area (Å²) in [5.41, 5.74) is 11.0. The van der Waals surface area contributed by atoms with Crippen molar-refractivity contribution in [2.24, 2.45) is 17.4 Å². The first-order valence-electron chi connectivity index (χ1n) is 12.1. The molecule has 0 aliphatic carbocycles. The van der Waals surface area contributed by atoms with E-state index >= 15 is 0 Å². The third kappa shape index (κ3) is 11.4. The number of benzene rings is 1. The molecule has 0 heterocycles. The third-order valence-corrected chi connectivity index (χ3v) is 5.80. The van der Waals surface area contributed by atoms with E-state index in [9.17, 15) is 39.0 Å². The molecule has 0 saturated carbocycles. The van der Waals surface area contributed by atoms with E-state index in [2.05, 4.69) is 21.3 Å². The molecule has 0 saturated heterocycles. The van der Waals surface area contributed by atoms with E-state index in [1.54, 1.807) is 13.8 Å². The average Bonchev–Trinajstić information content (AvgIpc) is 2.89. The second kappa shape index (κ2) is 15.9. The van der Waals surface area contributed by atoms with Crippen molar-refractivity contribution < 1.29 is 44.1 Å². The highest BCUT2D eigenvalue weighted by Crippen LogP contribution is 2.13. The number of carboxylic acid groups (broad SMARTS) is 1. The summed E-state index contributed by atoms with van der Waals surface area (Å²) in [6, 6.07) is 0.498. The van der Waals surface area contributed by atoms with Crippen LogP contribution in [0.4, 0.5) is 0 Å². The molecule has 15 heteroatoms. The van der Waals surface area contributed by atoms with Gasteiger partial charge in [0.25, 0.3) is 0 Å². The van der Waals surface area contributed by atoms with Crippen molar-refractivity contribution in [2.45, 2.75) is 57.3 Å². The van der Waals surface area contributed by atoms with Crippen molar-refractivity contribution in [3.05, 3.63) is 29.8 Å². The van der Waals surface area contributed by atoms with Gasteiger partial charge in [-0.3, -0.25) is 24.0 Å². The Kier molecular flexibility index (Phi) is 13.4. The Balaban J connectivity index is 2.86. The number of aliphatic carboxylic acids is 1. The molecule has 216 valence electrons. The number of amides is 5. The minimum Gasteiger partial charge on any atom is -0.508 e. The second-order valence-electron chi connectivity index (χ2n) is 8.94. The highest BCUT2D eigenvalue weighted by Gasteiger charge is 2.31. The van der Waals surface area contributed by atoms with Crippen LogP contribution in [0.25, 0.3) is 0 Å². The number of nitrogens with two attached hydrogens (primary N) is 2.